The largest absolute Gasteiger partial charge is 0.369 e. The van der Waals surface area contributed by atoms with E-state index < -0.39 is 15.4 Å². The van der Waals surface area contributed by atoms with Crippen molar-refractivity contribution in [1.82, 2.24) is 30.0 Å². The minimum absolute atomic E-state index is 0.0470. The summed E-state index contributed by atoms with van der Waals surface area (Å²) in [5, 5.41) is 10.5. The van der Waals surface area contributed by atoms with Gasteiger partial charge in [0.15, 0.2) is 5.65 Å². The summed E-state index contributed by atoms with van der Waals surface area (Å²) in [6.07, 6.45) is 0. The van der Waals surface area contributed by atoms with Crippen molar-refractivity contribution < 1.29 is 13.2 Å². The highest BCUT2D eigenvalue weighted by Gasteiger charge is 2.28. The van der Waals surface area contributed by atoms with Crippen LogP contribution in [0.1, 0.15) is 16.7 Å². The molecule has 11 nitrogen and oxygen atoms in total. The van der Waals surface area contributed by atoms with Crippen molar-refractivity contribution in [3.8, 4) is 0 Å². The van der Waals surface area contributed by atoms with E-state index in [4.69, 9.17) is 11.6 Å². The first-order chi connectivity index (χ1) is 20.6. The van der Waals surface area contributed by atoms with E-state index in [2.05, 4.69) is 30.4 Å². The summed E-state index contributed by atoms with van der Waals surface area (Å²) in [5.74, 6) is -0.0470. The maximum atomic E-state index is 13.6. The summed E-state index contributed by atoms with van der Waals surface area (Å²) in [6, 6.07) is 17.8. The quantitative estimate of drug-likeness (QED) is 0.284. The molecule has 43 heavy (non-hydrogen) atoms. The van der Waals surface area contributed by atoms with E-state index in [-0.39, 0.29) is 21.5 Å². The second kappa shape index (κ2) is 11.4. The van der Waals surface area contributed by atoms with Crippen molar-refractivity contribution in [3.63, 3.8) is 0 Å². The lowest BCUT2D eigenvalue weighted by Crippen LogP contribution is -2.49. The highest BCUT2D eigenvalue weighted by atomic mass is 35.5. The number of benzene rings is 3. The fourth-order valence-electron chi connectivity index (χ4n) is 5.40. The van der Waals surface area contributed by atoms with Crippen LogP contribution in [0.2, 0.25) is 5.02 Å². The van der Waals surface area contributed by atoms with Crippen LogP contribution in [0.3, 0.4) is 0 Å². The van der Waals surface area contributed by atoms with Gasteiger partial charge < -0.3 is 10.2 Å². The molecule has 0 unspecified atom stereocenters. The van der Waals surface area contributed by atoms with Crippen molar-refractivity contribution >= 4 is 49.6 Å². The molecule has 0 bridgehead atoms. The molecule has 3 aromatic carbocycles. The molecule has 222 valence electrons. The Kier molecular flexibility index (Phi) is 7.67. The molecule has 0 spiro atoms. The number of fused-ring (bicyclic) bond motifs is 3. The van der Waals surface area contributed by atoms with Crippen molar-refractivity contribution in [2.45, 2.75) is 30.3 Å². The SMILES string of the molecule is Cc1ccc(S(=O)(=O)c2n[nH]n3c2nc(=O)c2ccc(N4CCN(CC(=O)NCc5ccc(Cl)cc5)CC4)cc23)c(C)c1. The molecule has 1 amide bonds. The van der Waals surface area contributed by atoms with Crippen LogP contribution in [0.5, 0.6) is 0 Å². The van der Waals surface area contributed by atoms with Gasteiger partial charge in [0.25, 0.3) is 5.56 Å². The third-order valence-corrected chi connectivity index (χ3v) is 9.77. The Morgan fingerprint density at radius 3 is 2.47 bits per heavy atom. The molecule has 1 aliphatic rings. The zero-order valence-corrected chi connectivity index (χ0v) is 25.2. The summed E-state index contributed by atoms with van der Waals surface area (Å²) >= 11 is 5.93. The van der Waals surface area contributed by atoms with E-state index in [0.29, 0.717) is 60.8 Å². The first kappa shape index (κ1) is 28.8. The molecule has 0 radical (unpaired) electrons. The minimum Gasteiger partial charge on any atom is -0.369 e. The highest BCUT2D eigenvalue weighted by Crippen LogP contribution is 2.27. The van der Waals surface area contributed by atoms with Crippen LogP contribution >= 0.6 is 11.6 Å². The lowest BCUT2D eigenvalue weighted by Gasteiger charge is -2.35. The number of halogens is 1. The summed E-state index contributed by atoms with van der Waals surface area (Å²) in [5.41, 5.74) is 3.27. The van der Waals surface area contributed by atoms with Gasteiger partial charge in [-0.2, -0.15) is 4.98 Å². The Morgan fingerprint density at radius 1 is 1.00 bits per heavy atom. The van der Waals surface area contributed by atoms with E-state index in [0.717, 1.165) is 16.8 Å². The Labute approximate surface area is 253 Å². The fourth-order valence-corrected chi connectivity index (χ4v) is 7.01. The molecule has 2 aromatic heterocycles. The number of nitrogens with zero attached hydrogens (tertiary/aromatic N) is 5. The Morgan fingerprint density at radius 2 is 1.74 bits per heavy atom. The third-order valence-electron chi connectivity index (χ3n) is 7.70. The molecule has 6 rings (SSSR count). The van der Waals surface area contributed by atoms with Gasteiger partial charge in [0.1, 0.15) is 0 Å². The predicted octanol–water partition coefficient (Wildman–Crippen LogP) is 3.11. The van der Waals surface area contributed by atoms with Crippen molar-refractivity contribution in [3.05, 3.63) is 92.7 Å². The second-order valence-corrected chi connectivity index (χ2v) is 13.0. The van der Waals surface area contributed by atoms with Crippen molar-refractivity contribution in [2.75, 3.05) is 37.6 Å². The van der Waals surface area contributed by atoms with Crippen LogP contribution in [-0.4, -0.2) is 71.8 Å². The van der Waals surface area contributed by atoms with Crippen LogP contribution in [-0.2, 0) is 21.2 Å². The Bertz CT molecular complexity index is 2010. The Hall–Kier alpha value is -4.26. The number of carbonyl (C=O) groups excluding carboxylic acids is 1. The molecular weight excluding hydrogens is 590 g/mol. The Balaban J connectivity index is 1.19. The number of aromatic nitrogens is 4. The van der Waals surface area contributed by atoms with Crippen LogP contribution in [0.15, 0.2) is 75.4 Å². The standard InChI is InChI=1S/C30H30ClN7O4S/c1-19-3-10-26(20(2)15-19)43(41,42)30-28-33-29(40)24-9-8-23(16-25(24)38(28)35-34-30)37-13-11-36(12-14-37)18-27(39)32-17-21-4-6-22(31)7-5-21/h3-10,15-16,35H,11-14,17-18H2,1-2H3,(H,32,39). The number of anilines is 1. The lowest BCUT2D eigenvalue weighted by atomic mass is 10.2. The van der Waals surface area contributed by atoms with E-state index in [1.807, 2.05) is 31.2 Å². The first-order valence-electron chi connectivity index (χ1n) is 13.8. The number of sulfone groups is 1. The van der Waals surface area contributed by atoms with E-state index in [1.54, 1.807) is 43.3 Å². The van der Waals surface area contributed by atoms with E-state index >= 15 is 0 Å². The topological polar surface area (TPSA) is 133 Å². The molecule has 13 heteroatoms. The number of nitrogens with one attached hydrogen (secondary N) is 2. The van der Waals surface area contributed by atoms with Gasteiger partial charge in [-0.25, -0.2) is 18.1 Å². The maximum Gasteiger partial charge on any atom is 0.281 e. The molecule has 3 heterocycles. The number of hydrogen-bond acceptors (Lipinski definition) is 8. The first-order valence-corrected chi connectivity index (χ1v) is 15.7. The van der Waals surface area contributed by atoms with Crippen LogP contribution < -0.4 is 15.8 Å². The predicted molar refractivity (Wildman–Crippen MR) is 164 cm³/mol. The lowest BCUT2D eigenvalue weighted by molar-refractivity contribution is -0.122. The molecule has 1 fully saturated rings. The summed E-state index contributed by atoms with van der Waals surface area (Å²) < 4.78 is 28.5. The molecule has 5 aromatic rings. The van der Waals surface area contributed by atoms with E-state index in [9.17, 15) is 18.0 Å². The van der Waals surface area contributed by atoms with Crippen LogP contribution in [0, 0.1) is 13.8 Å². The number of carbonyl (C=O) groups is 1. The molecule has 0 saturated carbocycles. The van der Waals surface area contributed by atoms with Crippen molar-refractivity contribution in [1.29, 1.82) is 0 Å². The van der Waals surface area contributed by atoms with Gasteiger partial charge >= 0.3 is 0 Å². The number of aryl methyl sites for hydroxylation is 2. The monoisotopic (exact) mass is 619 g/mol. The van der Waals surface area contributed by atoms with Gasteiger partial charge in [-0.05, 0) is 61.4 Å². The van der Waals surface area contributed by atoms with Gasteiger partial charge in [-0.3, -0.25) is 14.5 Å². The number of rotatable bonds is 7. The summed E-state index contributed by atoms with van der Waals surface area (Å²) in [6.45, 7) is 7.07. The summed E-state index contributed by atoms with van der Waals surface area (Å²) in [4.78, 5) is 34.0. The molecule has 1 aliphatic heterocycles. The summed E-state index contributed by atoms with van der Waals surface area (Å²) in [7, 11) is -4.04. The van der Waals surface area contributed by atoms with Crippen molar-refractivity contribution in [2.24, 2.45) is 0 Å². The normalized spacial score (nSPS) is 14.4. The number of piperazine rings is 1. The molecule has 1 saturated heterocycles. The average Bonchev–Trinajstić information content (AvgIpc) is 3.42. The molecule has 0 atom stereocenters. The highest BCUT2D eigenvalue weighted by molar-refractivity contribution is 7.91. The van der Waals surface area contributed by atoms with Gasteiger partial charge in [-0.1, -0.05) is 41.4 Å². The molecule has 0 aliphatic carbocycles. The van der Waals surface area contributed by atoms with Gasteiger partial charge in [0, 0.05) is 43.4 Å². The third kappa shape index (κ3) is 5.73. The number of H-pyrrole nitrogens is 1. The zero-order chi connectivity index (χ0) is 30.3. The van der Waals surface area contributed by atoms with Gasteiger partial charge in [-0.15, -0.1) is 5.10 Å². The number of hydrogen-bond donors (Lipinski definition) is 2. The molecular formula is C30H30ClN7O4S. The average molecular weight is 620 g/mol. The van der Waals surface area contributed by atoms with E-state index in [1.165, 1.54) is 4.52 Å². The van der Waals surface area contributed by atoms with Crippen LogP contribution in [0.4, 0.5) is 5.69 Å². The van der Waals surface area contributed by atoms with Crippen LogP contribution in [0.25, 0.3) is 16.6 Å². The smallest absolute Gasteiger partial charge is 0.281 e. The van der Waals surface area contributed by atoms with Gasteiger partial charge in [0.2, 0.25) is 20.8 Å². The minimum atomic E-state index is -4.04. The zero-order valence-electron chi connectivity index (χ0n) is 23.7. The number of aromatic amines is 1. The maximum absolute atomic E-state index is 13.6. The molecule has 2 N–H and O–H groups in total. The fraction of sp³-hybridized carbons (Fsp3) is 0.267. The number of amides is 1. The second-order valence-electron chi connectivity index (χ2n) is 10.7. The van der Waals surface area contributed by atoms with Gasteiger partial charge in [0.05, 0.1) is 22.3 Å².